The molecule has 0 spiro atoms. The molecule has 3 heterocycles. The fourth-order valence-electron chi connectivity index (χ4n) is 4.88. The summed E-state index contributed by atoms with van der Waals surface area (Å²) in [5, 5.41) is 29.9. The molecule has 5 aromatic rings. The van der Waals surface area contributed by atoms with Gasteiger partial charge in [-0.3, -0.25) is 0 Å². The van der Waals surface area contributed by atoms with Crippen molar-refractivity contribution in [3.05, 3.63) is 94.5 Å². The number of pyridine rings is 1. The Labute approximate surface area is 200 Å². The van der Waals surface area contributed by atoms with Crippen molar-refractivity contribution in [1.29, 1.82) is 0 Å². The molecule has 0 bridgehead atoms. The number of rotatable bonds is 8. The Morgan fingerprint density at radius 1 is 0.857 bits per heavy atom. The van der Waals surface area contributed by atoms with Gasteiger partial charge in [0.2, 0.25) is 0 Å². The van der Waals surface area contributed by atoms with Gasteiger partial charge in [0.1, 0.15) is 23.5 Å². The lowest BCUT2D eigenvalue weighted by molar-refractivity contribution is 0.0655. The first-order chi connectivity index (χ1) is 17.0. The van der Waals surface area contributed by atoms with Crippen molar-refractivity contribution in [1.82, 2.24) is 4.40 Å². The molecule has 0 amide bonds. The van der Waals surface area contributed by atoms with Crippen molar-refractivity contribution in [3.8, 4) is 16.9 Å². The van der Waals surface area contributed by atoms with Gasteiger partial charge < -0.3 is 24.5 Å². The average molecular weight is 469 g/mol. The zero-order valence-electron chi connectivity index (χ0n) is 19.0. The van der Waals surface area contributed by atoms with Crippen LogP contribution in [0.1, 0.15) is 44.3 Å². The number of aromatic nitrogens is 1. The Morgan fingerprint density at radius 3 is 2.14 bits per heavy atom. The molecule has 2 aromatic carbocycles. The van der Waals surface area contributed by atoms with E-state index in [1.54, 1.807) is 16.5 Å². The van der Waals surface area contributed by atoms with E-state index in [2.05, 4.69) is 0 Å². The third-order valence-electron chi connectivity index (χ3n) is 6.34. The molecule has 0 atom stereocenters. The molecule has 0 saturated carbocycles. The number of nitrogens with zero attached hydrogens (tertiary/aromatic N) is 1. The van der Waals surface area contributed by atoms with E-state index in [1.807, 2.05) is 61.5 Å². The van der Waals surface area contributed by atoms with E-state index in [0.717, 1.165) is 16.7 Å². The van der Waals surface area contributed by atoms with Crippen LogP contribution in [0.2, 0.25) is 0 Å². The monoisotopic (exact) mass is 469 g/mol. The Bertz CT molecular complexity index is 1550. The maximum atomic E-state index is 12.3. The van der Waals surface area contributed by atoms with E-state index >= 15 is 0 Å². The van der Waals surface area contributed by atoms with Crippen molar-refractivity contribution in [3.63, 3.8) is 0 Å². The highest BCUT2D eigenvalue weighted by molar-refractivity contribution is 6.17. The summed E-state index contributed by atoms with van der Waals surface area (Å²) in [5.41, 5.74) is 4.65. The predicted molar refractivity (Wildman–Crippen MR) is 132 cm³/mol. The number of aliphatic hydroxyl groups excluding tert-OH is 1. The summed E-state index contributed by atoms with van der Waals surface area (Å²) in [7, 11) is 0. The minimum Gasteiger partial charge on any atom is -0.489 e. The lowest BCUT2D eigenvalue weighted by Gasteiger charge is -2.10. The van der Waals surface area contributed by atoms with Crippen LogP contribution in [0, 0.1) is 0 Å². The van der Waals surface area contributed by atoms with Gasteiger partial charge in [-0.15, -0.1) is 0 Å². The van der Waals surface area contributed by atoms with Gasteiger partial charge in [0.25, 0.3) is 0 Å². The van der Waals surface area contributed by atoms with Gasteiger partial charge in [0.15, 0.2) is 0 Å². The quantitative estimate of drug-likeness (QED) is 0.287. The van der Waals surface area contributed by atoms with Crippen molar-refractivity contribution < 1.29 is 29.6 Å². The summed E-state index contributed by atoms with van der Waals surface area (Å²) in [6.45, 7) is 2.12. The Balaban J connectivity index is 1.71. The van der Waals surface area contributed by atoms with Gasteiger partial charge in [0, 0.05) is 11.1 Å². The maximum absolute atomic E-state index is 12.3. The normalized spacial score (nSPS) is 11.4. The number of benzene rings is 2. The molecule has 7 nitrogen and oxygen atoms in total. The lowest BCUT2D eigenvalue weighted by Crippen LogP contribution is -2.06. The number of hydrogen-bond acceptors (Lipinski definition) is 4. The number of aromatic carboxylic acids is 2. The topological polar surface area (TPSA) is 108 Å². The van der Waals surface area contributed by atoms with Crippen LogP contribution in [0.25, 0.3) is 27.7 Å². The third kappa shape index (κ3) is 3.57. The van der Waals surface area contributed by atoms with Crippen LogP contribution in [-0.4, -0.2) is 31.7 Å². The van der Waals surface area contributed by atoms with Gasteiger partial charge >= 0.3 is 11.9 Å². The van der Waals surface area contributed by atoms with Crippen LogP contribution in [0.4, 0.5) is 0 Å². The molecule has 3 N–H and O–H groups in total. The summed E-state index contributed by atoms with van der Waals surface area (Å²) in [6.07, 6.45) is 0.566. The van der Waals surface area contributed by atoms with Crippen LogP contribution in [0.5, 0.6) is 5.75 Å². The molecule has 0 saturated heterocycles. The largest absolute Gasteiger partial charge is 0.489 e. The molecule has 0 aliphatic heterocycles. The highest BCUT2D eigenvalue weighted by Crippen LogP contribution is 2.43. The van der Waals surface area contributed by atoms with Crippen molar-refractivity contribution in [2.24, 2.45) is 0 Å². The second-order valence-electron chi connectivity index (χ2n) is 8.30. The summed E-state index contributed by atoms with van der Waals surface area (Å²) >= 11 is 0. The number of hydrogen-bond donors (Lipinski definition) is 3. The highest BCUT2D eigenvalue weighted by atomic mass is 16.5. The van der Waals surface area contributed by atoms with E-state index in [4.69, 9.17) is 4.74 Å². The number of carboxylic acids is 2. The Hall–Kier alpha value is -4.36. The van der Waals surface area contributed by atoms with Gasteiger partial charge in [0.05, 0.1) is 23.2 Å². The standard InChI is InChI=1S/C28H23NO6/c1-2-20-22(17-8-11-19(12-9-17)35-15-16-6-4-3-5-7-16)26-24(28(33)34)23(27(31)32)21-13-10-18(14-30)25(20)29(21)26/h3-13,30H,2,14-15H2,1H3,(H,31,32)(H,33,34). The molecular weight excluding hydrogens is 446 g/mol. The first-order valence-electron chi connectivity index (χ1n) is 11.2. The molecule has 7 heteroatoms. The summed E-state index contributed by atoms with van der Waals surface area (Å²) in [6, 6.07) is 20.3. The van der Waals surface area contributed by atoms with E-state index in [9.17, 15) is 24.9 Å². The van der Waals surface area contributed by atoms with Crippen LogP contribution in [0.15, 0.2) is 66.7 Å². The molecular formula is C28H23NO6. The summed E-state index contributed by atoms with van der Waals surface area (Å²) < 4.78 is 7.56. The van der Waals surface area contributed by atoms with Crippen molar-refractivity contribution >= 4 is 28.5 Å². The molecule has 5 rings (SSSR count). The predicted octanol–water partition coefficient (Wildman–Crippen LogP) is 5.23. The average Bonchev–Trinajstić information content (AvgIpc) is 3.39. The van der Waals surface area contributed by atoms with Gasteiger partial charge in [-0.1, -0.05) is 55.5 Å². The van der Waals surface area contributed by atoms with Gasteiger partial charge in [-0.25, -0.2) is 9.59 Å². The van der Waals surface area contributed by atoms with E-state index in [-0.39, 0.29) is 17.7 Å². The first kappa shape index (κ1) is 22.4. The smallest absolute Gasteiger partial charge is 0.338 e. The number of aryl methyl sites for hydroxylation is 1. The number of aliphatic hydroxyl groups is 1. The second kappa shape index (κ2) is 8.77. The molecule has 0 fully saturated rings. The minimum atomic E-state index is -1.31. The number of ether oxygens (including phenoxy) is 1. The third-order valence-corrected chi connectivity index (χ3v) is 6.34. The van der Waals surface area contributed by atoms with E-state index in [1.165, 1.54) is 0 Å². The summed E-state index contributed by atoms with van der Waals surface area (Å²) in [4.78, 5) is 24.4. The minimum absolute atomic E-state index is 0.253. The van der Waals surface area contributed by atoms with E-state index < -0.39 is 11.9 Å². The fraction of sp³-hybridized carbons (Fsp3) is 0.143. The maximum Gasteiger partial charge on any atom is 0.338 e. The zero-order valence-corrected chi connectivity index (χ0v) is 19.0. The number of carboxylic acid groups (broad SMARTS) is 2. The first-order valence-corrected chi connectivity index (χ1v) is 11.2. The van der Waals surface area contributed by atoms with Crippen molar-refractivity contribution in [2.75, 3.05) is 0 Å². The molecule has 0 aliphatic carbocycles. The van der Waals surface area contributed by atoms with Crippen molar-refractivity contribution in [2.45, 2.75) is 26.6 Å². The Kier molecular flexibility index (Phi) is 5.62. The van der Waals surface area contributed by atoms with Gasteiger partial charge in [-0.2, -0.15) is 0 Å². The zero-order chi connectivity index (χ0) is 24.7. The SMILES string of the molecule is CCc1c(-c2ccc(OCc3ccccc3)cc2)c2c(C(=O)O)c(C(=O)O)c3ccc(CO)c1n32. The molecule has 3 aromatic heterocycles. The summed E-state index contributed by atoms with van der Waals surface area (Å²) in [5.74, 6) is -1.96. The molecule has 0 aliphatic rings. The van der Waals surface area contributed by atoms with Crippen LogP contribution < -0.4 is 4.74 Å². The molecule has 0 radical (unpaired) electrons. The van der Waals surface area contributed by atoms with Crippen LogP contribution in [0.3, 0.4) is 0 Å². The molecule has 35 heavy (non-hydrogen) atoms. The second-order valence-corrected chi connectivity index (χ2v) is 8.30. The molecule has 176 valence electrons. The molecule has 0 unspecified atom stereocenters. The number of carbonyl (C=O) groups is 2. The van der Waals surface area contributed by atoms with Crippen LogP contribution in [-0.2, 0) is 19.6 Å². The Morgan fingerprint density at radius 2 is 1.54 bits per heavy atom. The highest BCUT2D eigenvalue weighted by Gasteiger charge is 2.32. The lowest BCUT2D eigenvalue weighted by atomic mass is 9.96. The fourth-order valence-corrected chi connectivity index (χ4v) is 4.88. The van der Waals surface area contributed by atoms with Gasteiger partial charge in [-0.05, 0) is 41.3 Å². The van der Waals surface area contributed by atoms with E-state index in [0.29, 0.717) is 46.5 Å². The van der Waals surface area contributed by atoms with Crippen LogP contribution >= 0.6 is 0 Å².